The van der Waals surface area contributed by atoms with Crippen molar-refractivity contribution in [1.82, 2.24) is 21.2 Å². The van der Waals surface area contributed by atoms with E-state index < -0.39 is 0 Å². The van der Waals surface area contributed by atoms with Crippen LogP contribution in [0.15, 0.2) is 12.3 Å². The highest BCUT2D eigenvalue weighted by Crippen LogP contribution is 2.29. The lowest BCUT2D eigenvalue weighted by molar-refractivity contribution is 0.0938. The fourth-order valence-corrected chi connectivity index (χ4v) is 3.10. The van der Waals surface area contributed by atoms with Gasteiger partial charge in [-0.15, -0.1) is 0 Å². The predicted molar refractivity (Wildman–Crippen MR) is 93.1 cm³/mol. The summed E-state index contributed by atoms with van der Waals surface area (Å²) in [7, 11) is 0. The van der Waals surface area contributed by atoms with E-state index in [1.807, 2.05) is 0 Å². The topological polar surface area (TPSA) is 86.0 Å². The summed E-state index contributed by atoms with van der Waals surface area (Å²) in [5.74, 6) is 0.751. The molecule has 7 heteroatoms. The quantitative estimate of drug-likeness (QED) is 0.386. The lowest BCUT2D eigenvalue weighted by Crippen LogP contribution is -2.52. The molecule has 1 aliphatic carbocycles. The van der Waals surface area contributed by atoms with Crippen LogP contribution in [0.2, 0.25) is 0 Å². The molecule has 0 aliphatic heterocycles. The zero-order chi connectivity index (χ0) is 17.0. The number of Topliss-reactive ketones (excluding diaryl/α,β-unsaturated/α-hetero) is 1. The van der Waals surface area contributed by atoms with E-state index in [1.165, 1.54) is 32.0 Å². The minimum Gasteiger partial charge on any atom is -0.358 e. The number of aromatic amines is 1. The number of H-pyrrole nitrogens is 1. The maximum atomic E-state index is 12.0. The number of aromatic nitrogens is 1. The Morgan fingerprint density at radius 1 is 1.26 bits per heavy atom. The van der Waals surface area contributed by atoms with E-state index in [1.54, 1.807) is 0 Å². The van der Waals surface area contributed by atoms with Crippen LogP contribution in [0, 0.1) is 11.8 Å². The van der Waals surface area contributed by atoms with Crippen LogP contribution in [0.3, 0.4) is 0 Å². The van der Waals surface area contributed by atoms with Crippen molar-refractivity contribution >= 4 is 29.0 Å². The van der Waals surface area contributed by atoms with Gasteiger partial charge in [-0.25, -0.2) is 0 Å². The van der Waals surface area contributed by atoms with Gasteiger partial charge >= 0.3 is 0 Å². The Kier molecular flexibility index (Phi) is 5.76. The van der Waals surface area contributed by atoms with Crippen LogP contribution >= 0.6 is 12.2 Å². The van der Waals surface area contributed by atoms with Crippen molar-refractivity contribution in [2.75, 3.05) is 0 Å². The van der Waals surface area contributed by atoms with E-state index in [9.17, 15) is 9.59 Å². The normalized spacial score (nSPS) is 23.9. The van der Waals surface area contributed by atoms with Crippen molar-refractivity contribution in [1.29, 1.82) is 0 Å². The number of carbonyl (C=O) groups is 2. The minimum absolute atomic E-state index is 0.0918. The summed E-state index contributed by atoms with van der Waals surface area (Å²) in [5.41, 5.74) is 6.03. The average molecular weight is 336 g/mol. The lowest BCUT2D eigenvalue weighted by Gasteiger charge is -2.35. The van der Waals surface area contributed by atoms with Gasteiger partial charge < -0.3 is 10.3 Å². The number of carbonyl (C=O) groups excluding carboxylic acids is 2. The Bertz CT molecular complexity index is 599. The SMILES string of the molecule is CC(=O)c1c[nH]c(C(=O)NNC(=S)N[C@@H]2CCC[C@@H](C)[C@H]2C)c1. The van der Waals surface area contributed by atoms with E-state index in [2.05, 4.69) is 35.0 Å². The molecule has 0 saturated heterocycles. The molecule has 0 unspecified atom stereocenters. The number of hydrogen-bond donors (Lipinski definition) is 4. The highest BCUT2D eigenvalue weighted by molar-refractivity contribution is 7.80. The summed E-state index contributed by atoms with van der Waals surface area (Å²) >= 11 is 5.24. The first-order valence-corrected chi connectivity index (χ1v) is 8.35. The minimum atomic E-state index is -0.369. The lowest BCUT2D eigenvalue weighted by atomic mass is 9.78. The summed E-state index contributed by atoms with van der Waals surface area (Å²) in [6.07, 6.45) is 5.04. The first-order chi connectivity index (χ1) is 10.9. The molecule has 1 fully saturated rings. The van der Waals surface area contributed by atoms with Crippen LogP contribution in [0.1, 0.15) is 60.9 Å². The summed E-state index contributed by atoms with van der Waals surface area (Å²) in [6, 6.07) is 1.84. The van der Waals surface area contributed by atoms with Crippen molar-refractivity contribution < 1.29 is 9.59 Å². The maximum absolute atomic E-state index is 12.0. The van der Waals surface area contributed by atoms with Crippen molar-refractivity contribution in [3.63, 3.8) is 0 Å². The van der Waals surface area contributed by atoms with Gasteiger partial charge in [0, 0.05) is 17.8 Å². The van der Waals surface area contributed by atoms with Crippen LogP contribution in [0.25, 0.3) is 0 Å². The molecular weight excluding hydrogens is 312 g/mol. The molecule has 1 heterocycles. The van der Waals surface area contributed by atoms with E-state index in [-0.39, 0.29) is 11.7 Å². The monoisotopic (exact) mass is 336 g/mol. The van der Waals surface area contributed by atoms with Crippen LogP contribution in [0.4, 0.5) is 0 Å². The Hall–Kier alpha value is -1.89. The number of hydrazine groups is 1. The zero-order valence-corrected chi connectivity index (χ0v) is 14.5. The van der Waals surface area contributed by atoms with E-state index >= 15 is 0 Å². The van der Waals surface area contributed by atoms with Crippen LogP contribution in [-0.2, 0) is 0 Å². The molecule has 126 valence electrons. The predicted octanol–water partition coefficient (Wildman–Crippen LogP) is 2.15. The second-order valence-electron chi connectivity index (χ2n) is 6.28. The van der Waals surface area contributed by atoms with Gasteiger partial charge in [-0.2, -0.15) is 0 Å². The van der Waals surface area contributed by atoms with Gasteiger partial charge in [0.15, 0.2) is 10.9 Å². The Morgan fingerprint density at radius 3 is 2.65 bits per heavy atom. The molecule has 1 aromatic heterocycles. The number of thiocarbonyl (C=S) groups is 1. The Morgan fingerprint density at radius 2 is 2.00 bits per heavy atom. The first-order valence-electron chi connectivity index (χ1n) is 7.94. The smallest absolute Gasteiger partial charge is 0.286 e. The Labute approximate surface area is 141 Å². The molecule has 2 rings (SSSR count). The molecule has 0 aromatic carbocycles. The van der Waals surface area contributed by atoms with Crippen LogP contribution < -0.4 is 16.2 Å². The summed E-state index contributed by atoms with van der Waals surface area (Å²) in [5, 5.41) is 3.68. The second kappa shape index (κ2) is 7.59. The summed E-state index contributed by atoms with van der Waals surface area (Å²) in [6.45, 7) is 5.94. The van der Waals surface area contributed by atoms with Gasteiger partial charge in [0.05, 0.1) is 0 Å². The third-order valence-corrected chi connectivity index (χ3v) is 4.87. The second-order valence-corrected chi connectivity index (χ2v) is 6.69. The average Bonchev–Trinajstić information content (AvgIpc) is 3.00. The molecule has 23 heavy (non-hydrogen) atoms. The molecule has 3 atom stereocenters. The number of rotatable bonds is 3. The molecule has 1 saturated carbocycles. The molecule has 0 radical (unpaired) electrons. The molecule has 4 N–H and O–H groups in total. The van der Waals surface area contributed by atoms with Gasteiger partial charge in [-0.1, -0.05) is 26.7 Å². The molecule has 1 aromatic rings. The largest absolute Gasteiger partial charge is 0.358 e. The molecule has 1 amide bonds. The number of ketones is 1. The third-order valence-electron chi connectivity index (χ3n) is 4.65. The van der Waals surface area contributed by atoms with Gasteiger partial charge in [0.2, 0.25) is 0 Å². The highest BCUT2D eigenvalue weighted by atomic mass is 32.1. The van der Waals surface area contributed by atoms with Gasteiger partial charge in [0.1, 0.15) is 5.69 Å². The maximum Gasteiger partial charge on any atom is 0.286 e. The Balaban J connectivity index is 1.81. The van der Waals surface area contributed by atoms with Crippen molar-refractivity contribution in [3.05, 3.63) is 23.5 Å². The van der Waals surface area contributed by atoms with E-state index in [4.69, 9.17) is 12.2 Å². The zero-order valence-electron chi connectivity index (χ0n) is 13.7. The van der Waals surface area contributed by atoms with Crippen molar-refractivity contribution in [2.45, 2.75) is 46.1 Å². The number of amides is 1. The fraction of sp³-hybridized carbons (Fsp3) is 0.562. The first kappa shape index (κ1) is 17.5. The number of hydrogen-bond acceptors (Lipinski definition) is 3. The standard InChI is InChI=1S/C16H24N4O2S/c1-9-5-4-6-13(10(9)2)18-16(23)20-19-15(22)14-7-12(8-17-14)11(3)21/h7-10,13,17H,4-6H2,1-3H3,(H,19,22)(H2,18,20,23)/t9-,10-,13-/m1/s1. The third kappa shape index (κ3) is 4.54. The molecular formula is C16H24N4O2S. The summed E-state index contributed by atoms with van der Waals surface area (Å²) < 4.78 is 0. The molecule has 0 bridgehead atoms. The van der Waals surface area contributed by atoms with Crippen molar-refractivity contribution in [3.8, 4) is 0 Å². The van der Waals surface area contributed by atoms with Gasteiger partial charge in [-0.05, 0) is 43.5 Å². The summed E-state index contributed by atoms with van der Waals surface area (Å²) in [4.78, 5) is 26.0. The van der Waals surface area contributed by atoms with Crippen LogP contribution in [-0.4, -0.2) is 27.8 Å². The van der Waals surface area contributed by atoms with E-state index in [0.29, 0.717) is 34.2 Å². The molecule has 0 spiro atoms. The van der Waals surface area contributed by atoms with Gasteiger partial charge in [-0.3, -0.25) is 20.4 Å². The highest BCUT2D eigenvalue weighted by Gasteiger charge is 2.27. The van der Waals surface area contributed by atoms with Crippen molar-refractivity contribution in [2.24, 2.45) is 11.8 Å². The molecule has 1 aliphatic rings. The molecule has 6 nitrogen and oxygen atoms in total. The fourth-order valence-electron chi connectivity index (χ4n) is 2.90. The van der Waals surface area contributed by atoms with Gasteiger partial charge in [0.25, 0.3) is 5.91 Å². The number of nitrogens with one attached hydrogen (secondary N) is 4. The van der Waals surface area contributed by atoms with E-state index in [0.717, 1.165) is 6.42 Å². The van der Waals surface area contributed by atoms with Crippen LogP contribution in [0.5, 0.6) is 0 Å².